The van der Waals surface area contributed by atoms with Gasteiger partial charge < -0.3 is 5.11 Å². The summed E-state index contributed by atoms with van der Waals surface area (Å²) in [6, 6.07) is 0. The van der Waals surface area contributed by atoms with Crippen LogP contribution in [-0.4, -0.2) is 73.7 Å². The van der Waals surface area contributed by atoms with Gasteiger partial charge in [-0.1, -0.05) is 0 Å². The minimum atomic E-state index is -3.07. The third-order valence-electron chi connectivity index (χ3n) is 2.45. The molecule has 0 aromatic heterocycles. The fourth-order valence-corrected chi connectivity index (χ4v) is 2.51. The van der Waals surface area contributed by atoms with Gasteiger partial charge in [-0.3, -0.25) is 4.90 Å². The summed E-state index contributed by atoms with van der Waals surface area (Å²) in [5, 5.41) is 9.33. The quantitative estimate of drug-likeness (QED) is 0.667. The van der Waals surface area contributed by atoms with Gasteiger partial charge in [0.05, 0.1) is 12.4 Å². The molecule has 1 fully saturated rings. The molecule has 1 rings (SSSR count). The van der Waals surface area contributed by atoms with Crippen LogP contribution >= 0.6 is 11.6 Å². The summed E-state index contributed by atoms with van der Waals surface area (Å²) in [6.45, 7) is 2.81. The summed E-state index contributed by atoms with van der Waals surface area (Å²) in [5.74, 6) is 0.215. The Morgan fingerprint density at radius 1 is 1.33 bits per heavy atom. The number of aliphatic hydroxyl groups excluding tert-OH is 1. The van der Waals surface area contributed by atoms with Crippen LogP contribution in [0.5, 0.6) is 0 Å². The van der Waals surface area contributed by atoms with Crippen molar-refractivity contribution in [2.75, 3.05) is 44.9 Å². The highest BCUT2D eigenvalue weighted by Crippen LogP contribution is 2.06. The highest BCUT2D eigenvalue weighted by atomic mass is 35.5. The van der Waals surface area contributed by atoms with E-state index in [9.17, 15) is 13.5 Å². The number of alkyl halides is 1. The summed E-state index contributed by atoms with van der Waals surface area (Å²) < 4.78 is 23.9. The fourth-order valence-electron chi connectivity index (χ4n) is 1.59. The lowest BCUT2D eigenvalue weighted by atomic mass is 10.3. The van der Waals surface area contributed by atoms with Crippen molar-refractivity contribution in [2.45, 2.75) is 6.10 Å². The lowest BCUT2D eigenvalue weighted by Crippen LogP contribution is -2.50. The molecule has 15 heavy (non-hydrogen) atoms. The molecule has 7 heteroatoms. The fraction of sp³-hybridized carbons (Fsp3) is 1.00. The molecule has 1 unspecified atom stereocenters. The van der Waals surface area contributed by atoms with Crippen LogP contribution in [0.15, 0.2) is 0 Å². The Hall–Kier alpha value is 0.120. The smallest absolute Gasteiger partial charge is 0.211 e. The lowest BCUT2D eigenvalue weighted by molar-refractivity contribution is 0.105. The SMILES string of the molecule is CS(=O)(=O)N1CCN(CC(O)CCl)CC1. The minimum absolute atomic E-state index is 0.215. The van der Waals surface area contributed by atoms with Gasteiger partial charge in [-0.15, -0.1) is 11.6 Å². The Bertz CT molecular complexity index is 288. The van der Waals surface area contributed by atoms with Crippen molar-refractivity contribution in [1.29, 1.82) is 0 Å². The van der Waals surface area contributed by atoms with Crippen molar-refractivity contribution in [3.05, 3.63) is 0 Å². The number of hydrogen-bond donors (Lipinski definition) is 1. The largest absolute Gasteiger partial charge is 0.391 e. The van der Waals surface area contributed by atoms with Crippen molar-refractivity contribution in [3.8, 4) is 0 Å². The van der Waals surface area contributed by atoms with Gasteiger partial charge in [0.1, 0.15) is 0 Å². The van der Waals surface area contributed by atoms with Crippen LogP contribution in [-0.2, 0) is 10.0 Å². The molecular weight excluding hydrogens is 240 g/mol. The Balaban J connectivity index is 2.36. The van der Waals surface area contributed by atoms with Crippen LogP contribution < -0.4 is 0 Å². The number of piperazine rings is 1. The van der Waals surface area contributed by atoms with Crippen LogP contribution in [0.1, 0.15) is 0 Å². The number of nitrogens with zero attached hydrogens (tertiary/aromatic N) is 2. The van der Waals surface area contributed by atoms with E-state index in [4.69, 9.17) is 11.6 Å². The zero-order valence-corrected chi connectivity index (χ0v) is 10.3. The van der Waals surface area contributed by atoms with Crippen LogP contribution in [0.3, 0.4) is 0 Å². The first-order chi connectivity index (χ1) is 6.93. The maximum absolute atomic E-state index is 11.2. The van der Waals surface area contributed by atoms with Crippen molar-refractivity contribution in [1.82, 2.24) is 9.21 Å². The molecule has 0 saturated carbocycles. The summed E-state index contributed by atoms with van der Waals surface area (Å²) >= 11 is 5.49. The average Bonchev–Trinajstić information content (AvgIpc) is 2.17. The van der Waals surface area contributed by atoms with E-state index in [1.165, 1.54) is 10.6 Å². The van der Waals surface area contributed by atoms with Gasteiger partial charge in [0.2, 0.25) is 10.0 Å². The Morgan fingerprint density at radius 2 is 1.87 bits per heavy atom. The minimum Gasteiger partial charge on any atom is -0.391 e. The summed E-state index contributed by atoms with van der Waals surface area (Å²) in [7, 11) is -3.07. The van der Waals surface area contributed by atoms with E-state index in [-0.39, 0.29) is 5.88 Å². The third kappa shape index (κ3) is 4.24. The Kier molecular flexibility index (Phi) is 4.79. The molecule has 0 aromatic carbocycles. The predicted molar refractivity (Wildman–Crippen MR) is 59.6 cm³/mol. The number of sulfonamides is 1. The topological polar surface area (TPSA) is 60.9 Å². The molecule has 1 N–H and O–H groups in total. The van der Waals surface area contributed by atoms with E-state index in [0.29, 0.717) is 32.7 Å². The van der Waals surface area contributed by atoms with Crippen molar-refractivity contribution in [3.63, 3.8) is 0 Å². The standard InChI is InChI=1S/C8H17ClN2O3S/c1-15(13,14)11-4-2-10(3-5-11)7-8(12)6-9/h8,12H,2-7H2,1H3. The molecular formula is C8H17ClN2O3S. The zero-order valence-electron chi connectivity index (χ0n) is 8.76. The highest BCUT2D eigenvalue weighted by molar-refractivity contribution is 7.88. The molecule has 0 bridgehead atoms. The molecule has 5 nitrogen and oxygen atoms in total. The second-order valence-corrected chi connectivity index (χ2v) is 6.06. The summed E-state index contributed by atoms with van der Waals surface area (Å²) in [6.07, 6.45) is 0.687. The third-order valence-corrected chi connectivity index (χ3v) is 4.11. The molecule has 0 aliphatic carbocycles. The molecule has 1 heterocycles. The Labute approximate surface area is 95.7 Å². The molecule has 1 saturated heterocycles. The molecule has 1 aliphatic rings. The highest BCUT2D eigenvalue weighted by Gasteiger charge is 2.23. The number of halogens is 1. The van der Waals surface area contributed by atoms with Gasteiger partial charge in [0.25, 0.3) is 0 Å². The van der Waals surface area contributed by atoms with Gasteiger partial charge in [0, 0.05) is 38.6 Å². The summed E-state index contributed by atoms with van der Waals surface area (Å²) in [4.78, 5) is 2.02. The zero-order chi connectivity index (χ0) is 11.5. The van der Waals surface area contributed by atoms with Crippen LogP contribution in [0.25, 0.3) is 0 Å². The monoisotopic (exact) mass is 256 g/mol. The maximum Gasteiger partial charge on any atom is 0.211 e. The average molecular weight is 257 g/mol. The van der Waals surface area contributed by atoms with Crippen molar-refractivity contribution in [2.24, 2.45) is 0 Å². The predicted octanol–water partition coefficient (Wildman–Crippen LogP) is -0.837. The first kappa shape index (κ1) is 13.2. The van der Waals surface area contributed by atoms with Crippen LogP contribution in [0.4, 0.5) is 0 Å². The van der Waals surface area contributed by atoms with E-state index in [0.717, 1.165) is 0 Å². The molecule has 0 radical (unpaired) electrons. The second-order valence-electron chi connectivity index (χ2n) is 3.77. The van der Waals surface area contributed by atoms with Crippen molar-refractivity contribution < 1.29 is 13.5 Å². The van der Waals surface area contributed by atoms with E-state index >= 15 is 0 Å². The number of β-amino-alcohol motifs (C(OH)–C–C–N with tert-alkyl or cyclic N) is 1. The number of aliphatic hydroxyl groups is 1. The van der Waals surface area contributed by atoms with Crippen molar-refractivity contribution >= 4 is 21.6 Å². The van der Waals surface area contributed by atoms with Gasteiger partial charge in [-0.05, 0) is 0 Å². The second kappa shape index (κ2) is 5.45. The molecule has 0 spiro atoms. The van der Waals surface area contributed by atoms with Crippen LogP contribution in [0.2, 0.25) is 0 Å². The first-order valence-electron chi connectivity index (χ1n) is 4.85. The Morgan fingerprint density at radius 3 is 2.27 bits per heavy atom. The van der Waals surface area contributed by atoms with Gasteiger partial charge >= 0.3 is 0 Å². The van der Waals surface area contributed by atoms with E-state index in [1.54, 1.807) is 0 Å². The lowest BCUT2D eigenvalue weighted by Gasteiger charge is -2.33. The maximum atomic E-state index is 11.2. The van der Waals surface area contributed by atoms with Crippen LogP contribution in [0, 0.1) is 0 Å². The number of hydrogen-bond acceptors (Lipinski definition) is 4. The van der Waals surface area contributed by atoms with E-state index in [1.807, 2.05) is 4.90 Å². The molecule has 1 atom stereocenters. The first-order valence-corrected chi connectivity index (χ1v) is 7.23. The normalized spacial score (nSPS) is 22.9. The molecule has 0 aromatic rings. The molecule has 90 valence electrons. The van der Waals surface area contributed by atoms with E-state index in [2.05, 4.69) is 0 Å². The van der Waals surface area contributed by atoms with Gasteiger partial charge in [-0.25, -0.2) is 8.42 Å². The molecule has 0 amide bonds. The van der Waals surface area contributed by atoms with E-state index < -0.39 is 16.1 Å². The molecule has 1 aliphatic heterocycles. The van der Waals surface area contributed by atoms with Gasteiger partial charge in [-0.2, -0.15) is 4.31 Å². The van der Waals surface area contributed by atoms with Gasteiger partial charge in [0.15, 0.2) is 0 Å². The number of rotatable bonds is 4. The summed E-state index contributed by atoms with van der Waals surface area (Å²) in [5.41, 5.74) is 0.